The Bertz CT molecular complexity index is 616. The molecule has 0 radical (unpaired) electrons. The third-order valence-electron chi connectivity index (χ3n) is 2.85. The molecule has 0 spiro atoms. The quantitative estimate of drug-likeness (QED) is 0.910. The minimum atomic E-state index is -0.270. The highest BCUT2D eigenvalue weighted by Crippen LogP contribution is 2.17. The molecule has 1 aromatic heterocycles. The van der Waals surface area contributed by atoms with E-state index in [2.05, 4.69) is 10.3 Å². The number of nitrogens with one attached hydrogen (secondary N) is 1. The lowest BCUT2D eigenvalue weighted by molar-refractivity contribution is 0.0939. The number of hydrogen-bond acceptors (Lipinski definition) is 3. The number of amides is 1. The molecule has 1 amide bonds. The van der Waals surface area contributed by atoms with E-state index < -0.39 is 0 Å². The number of hydrogen-bond donors (Lipinski definition) is 2. The molecule has 1 aromatic carbocycles. The van der Waals surface area contributed by atoms with Gasteiger partial charge in [0.1, 0.15) is 5.75 Å². The van der Waals surface area contributed by atoms with E-state index in [0.717, 1.165) is 5.56 Å². The van der Waals surface area contributed by atoms with E-state index >= 15 is 0 Å². The molecule has 2 aromatic rings. The van der Waals surface area contributed by atoms with Gasteiger partial charge in [-0.3, -0.25) is 9.78 Å². The molecule has 2 N–H and O–H groups in total. The van der Waals surface area contributed by atoms with Crippen molar-refractivity contribution in [3.8, 4) is 5.75 Å². The number of aromatic hydroxyl groups is 1. The summed E-state index contributed by atoms with van der Waals surface area (Å²) in [4.78, 5) is 15.8. The van der Waals surface area contributed by atoms with Gasteiger partial charge in [-0.05, 0) is 31.0 Å². The third-order valence-corrected chi connectivity index (χ3v) is 3.22. The number of aromatic nitrogens is 1. The van der Waals surface area contributed by atoms with Crippen LogP contribution in [-0.4, -0.2) is 22.0 Å². The predicted octanol–water partition coefficient (Wildman–Crippen LogP) is 2.80. The second-order valence-electron chi connectivity index (χ2n) is 4.60. The van der Waals surface area contributed by atoms with E-state index in [1.54, 1.807) is 0 Å². The first-order valence-corrected chi connectivity index (χ1v) is 6.62. The first-order chi connectivity index (χ1) is 9.56. The van der Waals surface area contributed by atoms with Crippen molar-refractivity contribution in [2.45, 2.75) is 19.4 Å². The van der Waals surface area contributed by atoms with Gasteiger partial charge in [0.15, 0.2) is 0 Å². The van der Waals surface area contributed by atoms with Gasteiger partial charge in [0.2, 0.25) is 0 Å². The van der Waals surface area contributed by atoms with Crippen molar-refractivity contribution >= 4 is 17.5 Å². The number of carbonyl (C=O) groups excluding carboxylic acids is 1. The average Bonchev–Trinajstić information content (AvgIpc) is 2.41. The Kier molecular flexibility index (Phi) is 4.58. The van der Waals surface area contributed by atoms with Crippen molar-refractivity contribution in [1.29, 1.82) is 0 Å². The molecule has 0 aliphatic carbocycles. The van der Waals surface area contributed by atoms with Crippen molar-refractivity contribution in [3.05, 3.63) is 58.9 Å². The lowest BCUT2D eigenvalue weighted by Crippen LogP contribution is -2.34. The van der Waals surface area contributed by atoms with E-state index in [9.17, 15) is 9.90 Å². The van der Waals surface area contributed by atoms with Crippen LogP contribution < -0.4 is 5.32 Å². The van der Waals surface area contributed by atoms with Crippen LogP contribution in [0.25, 0.3) is 0 Å². The van der Waals surface area contributed by atoms with E-state index in [1.165, 1.54) is 18.5 Å². The summed E-state index contributed by atoms with van der Waals surface area (Å²) in [5, 5.41) is 12.8. The van der Waals surface area contributed by atoms with E-state index in [4.69, 9.17) is 11.6 Å². The minimum absolute atomic E-state index is 0.0311. The molecule has 0 saturated carbocycles. The Balaban J connectivity index is 2.00. The maximum atomic E-state index is 12.0. The van der Waals surface area contributed by atoms with Crippen LogP contribution in [0, 0.1) is 0 Å². The van der Waals surface area contributed by atoms with Crippen molar-refractivity contribution in [3.63, 3.8) is 0 Å². The zero-order chi connectivity index (χ0) is 14.5. The monoisotopic (exact) mass is 290 g/mol. The highest BCUT2D eigenvalue weighted by atomic mass is 35.5. The molecule has 2 rings (SSSR count). The van der Waals surface area contributed by atoms with Crippen molar-refractivity contribution in [1.82, 2.24) is 10.3 Å². The van der Waals surface area contributed by atoms with Gasteiger partial charge in [-0.25, -0.2) is 0 Å². The fourth-order valence-corrected chi connectivity index (χ4v) is 2.12. The first-order valence-electron chi connectivity index (χ1n) is 6.24. The molecule has 0 aliphatic rings. The van der Waals surface area contributed by atoms with Crippen LogP contribution >= 0.6 is 11.6 Å². The van der Waals surface area contributed by atoms with Gasteiger partial charge in [-0.1, -0.05) is 29.8 Å². The Morgan fingerprint density at radius 3 is 2.85 bits per heavy atom. The van der Waals surface area contributed by atoms with E-state index in [0.29, 0.717) is 17.0 Å². The summed E-state index contributed by atoms with van der Waals surface area (Å²) >= 11 is 6.09. The standard InChI is InChI=1S/C15H15ClN2O2/c1-10(6-11-4-2-3-5-14(11)16)18-15(20)12-7-13(19)9-17-8-12/h2-5,7-10,19H,6H2,1H3,(H,18,20). The van der Waals surface area contributed by atoms with Crippen LogP contribution in [0.4, 0.5) is 0 Å². The van der Waals surface area contributed by atoms with Crippen LogP contribution in [0.15, 0.2) is 42.7 Å². The fraction of sp³-hybridized carbons (Fsp3) is 0.200. The molecule has 0 bridgehead atoms. The second-order valence-corrected chi connectivity index (χ2v) is 5.01. The lowest BCUT2D eigenvalue weighted by atomic mass is 10.1. The topological polar surface area (TPSA) is 62.2 Å². The minimum Gasteiger partial charge on any atom is -0.506 e. The molecule has 5 heteroatoms. The summed E-state index contributed by atoms with van der Waals surface area (Å²) in [7, 11) is 0. The Morgan fingerprint density at radius 2 is 2.15 bits per heavy atom. The SMILES string of the molecule is CC(Cc1ccccc1Cl)NC(=O)c1cncc(O)c1. The largest absolute Gasteiger partial charge is 0.506 e. The van der Waals surface area contributed by atoms with Crippen LogP contribution in [0.1, 0.15) is 22.8 Å². The van der Waals surface area contributed by atoms with Gasteiger partial charge in [0.25, 0.3) is 5.91 Å². The summed E-state index contributed by atoms with van der Waals surface area (Å²) in [5.41, 5.74) is 1.31. The molecule has 1 atom stereocenters. The van der Waals surface area contributed by atoms with Gasteiger partial charge in [-0.2, -0.15) is 0 Å². The molecule has 0 aliphatic heterocycles. The number of nitrogens with zero attached hydrogens (tertiary/aromatic N) is 1. The molecule has 1 unspecified atom stereocenters. The van der Waals surface area contributed by atoms with Crippen LogP contribution in [0.5, 0.6) is 5.75 Å². The molecule has 0 fully saturated rings. The maximum Gasteiger partial charge on any atom is 0.253 e. The molecular formula is C15H15ClN2O2. The second kappa shape index (κ2) is 6.39. The van der Waals surface area contributed by atoms with Crippen LogP contribution in [0.2, 0.25) is 5.02 Å². The number of pyridine rings is 1. The first kappa shape index (κ1) is 14.3. The van der Waals surface area contributed by atoms with Crippen LogP contribution in [0.3, 0.4) is 0 Å². The Labute approximate surface area is 122 Å². The normalized spacial score (nSPS) is 11.9. The van der Waals surface area contributed by atoms with E-state index in [-0.39, 0.29) is 17.7 Å². The molecule has 104 valence electrons. The lowest BCUT2D eigenvalue weighted by Gasteiger charge is -2.14. The average molecular weight is 291 g/mol. The molecule has 0 saturated heterocycles. The summed E-state index contributed by atoms with van der Waals surface area (Å²) in [6, 6.07) is 8.84. The number of benzene rings is 1. The Hall–Kier alpha value is -2.07. The summed E-state index contributed by atoms with van der Waals surface area (Å²) in [6.07, 6.45) is 3.33. The third kappa shape index (κ3) is 3.71. The number of carbonyl (C=O) groups is 1. The fourth-order valence-electron chi connectivity index (χ4n) is 1.90. The molecule has 20 heavy (non-hydrogen) atoms. The summed E-state index contributed by atoms with van der Waals surface area (Å²) in [5.74, 6) is -0.302. The number of halogens is 1. The summed E-state index contributed by atoms with van der Waals surface area (Å²) < 4.78 is 0. The van der Waals surface area contributed by atoms with Gasteiger partial charge < -0.3 is 10.4 Å². The molecule has 1 heterocycles. The molecule has 4 nitrogen and oxygen atoms in total. The van der Waals surface area contributed by atoms with Crippen molar-refractivity contribution in [2.75, 3.05) is 0 Å². The van der Waals surface area contributed by atoms with E-state index in [1.807, 2.05) is 31.2 Å². The van der Waals surface area contributed by atoms with Crippen LogP contribution in [-0.2, 0) is 6.42 Å². The highest BCUT2D eigenvalue weighted by molar-refractivity contribution is 6.31. The zero-order valence-corrected chi connectivity index (χ0v) is 11.8. The van der Waals surface area contributed by atoms with Gasteiger partial charge in [-0.15, -0.1) is 0 Å². The van der Waals surface area contributed by atoms with Gasteiger partial charge in [0, 0.05) is 17.3 Å². The predicted molar refractivity (Wildman–Crippen MR) is 78.0 cm³/mol. The summed E-state index contributed by atoms with van der Waals surface area (Å²) in [6.45, 7) is 1.90. The smallest absolute Gasteiger partial charge is 0.253 e. The van der Waals surface area contributed by atoms with Gasteiger partial charge >= 0.3 is 0 Å². The van der Waals surface area contributed by atoms with Gasteiger partial charge in [0.05, 0.1) is 11.8 Å². The Morgan fingerprint density at radius 1 is 1.40 bits per heavy atom. The van der Waals surface area contributed by atoms with Crippen molar-refractivity contribution in [2.24, 2.45) is 0 Å². The van der Waals surface area contributed by atoms with Crippen molar-refractivity contribution < 1.29 is 9.90 Å². The molecular weight excluding hydrogens is 276 g/mol. The zero-order valence-electron chi connectivity index (χ0n) is 11.0. The highest BCUT2D eigenvalue weighted by Gasteiger charge is 2.12. The maximum absolute atomic E-state index is 12.0. The number of rotatable bonds is 4.